The minimum atomic E-state index is -1.11. The van der Waals surface area contributed by atoms with Gasteiger partial charge < -0.3 is 10.4 Å². The van der Waals surface area contributed by atoms with Crippen LogP contribution in [0.4, 0.5) is 15.5 Å². The summed E-state index contributed by atoms with van der Waals surface area (Å²) in [4.78, 5) is 22.7. The minimum Gasteiger partial charge on any atom is -0.478 e. The third-order valence-electron chi connectivity index (χ3n) is 2.32. The number of carboxylic acid groups (broad SMARTS) is 1. The van der Waals surface area contributed by atoms with E-state index < -0.39 is 12.0 Å². The molecule has 0 bridgehead atoms. The number of amides is 2. The van der Waals surface area contributed by atoms with E-state index in [0.29, 0.717) is 10.7 Å². The minimum absolute atomic E-state index is 0.0299. The molecule has 20 heavy (non-hydrogen) atoms. The number of aromatic carboxylic acids is 1. The molecule has 2 amide bonds. The van der Waals surface area contributed by atoms with Gasteiger partial charge in [0.05, 0.1) is 21.3 Å². The standard InChI is InChI=1S/C12H8Cl2N2O3S/c13-7-2-1-3-8(9(7)14)15-12(19)16-10-6(11(17)18)4-5-20-10/h1-5H,(H,17,18)(H2,15,16,19). The molecule has 1 heterocycles. The summed E-state index contributed by atoms with van der Waals surface area (Å²) in [7, 11) is 0. The molecule has 8 heteroatoms. The molecule has 0 saturated carbocycles. The van der Waals surface area contributed by atoms with Crippen LogP contribution in [0.3, 0.4) is 0 Å². The van der Waals surface area contributed by atoms with Crippen LogP contribution in [0.15, 0.2) is 29.6 Å². The van der Waals surface area contributed by atoms with Gasteiger partial charge in [0.1, 0.15) is 5.00 Å². The average molecular weight is 331 g/mol. The van der Waals surface area contributed by atoms with Gasteiger partial charge in [-0.25, -0.2) is 9.59 Å². The van der Waals surface area contributed by atoms with E-state index in [-0.39, 0.29) is 15.6 Å². The summed E-state index contributed by atoms with van der Waals surface area (Å²) >= 11 is 12.9. The first-order valence-electron chi connectivity index (χ1n) is 5.32. The van der Waals surface area contributed by atoms with Crippen molar-refractivity contribution < 1.29 is 14.7 Å². The first-order chi connectivity index (χ1) is 9.49. The summed E-state index contributed by atoms with van der Waals surface area (Å²) in [5.41, 5.74) is 0.368. The maximum atomic E-state index is 11.8. The molecule has 1 aromatic carbocycles. The van der Waals surface area contributed by atoms with Gasteiger partial charge in [-0.2, -0.15) is 0 Å². The monoisotopic (exact) mass is 330 g/mol. The number of nitrogens with one attached hydrogen (secondary N) is 2. The van der Waals surface area contributed by atoms with Crippen molar-refractivity contribution in [1.82, 2.24) is 0 Å². The zero-order valence-corrected chi connectivity index (χ0v) is 12.1. The van der Waals surface area contributed by atoms with Crippen LogP contribution in [0.5, 0.6) is 0 Å². The van der Waals surface area contributed by atoms with Gasteiger partial charge in [-0.3, -0.25) is 5.32 Å². The van der Waals surface area contributed by atoms with Gasteiger partial charge in [-0.15, -0.1) is 11.3 Å². The Morgan fingerprint density at radius 1 is 1.15 bits per heavy atom. The second-order valence-corrected chi connectivity index (χ2v) is 5.35. The lowest BCUT2D eigenvalue weighted by molar-refractivity contribution is 0.0698. The lowest BCUT2D eigenvalue weighted by Crippen LogP contribution is -2.20. The highest BCUT2D eigenvalue weighted by Crippen LogP contribution is 2.30. The number of thiophene rings is 1. The van der Waals surface area contributed by atoms with Crippen LogP contribution in [0.2, 0.25) is 10.0 Å². The van der Waals surface area contributed by atoms with E-state index in [0.717, 1.165) is 11.3 Å². The average Bonchev–Trinajstić information content (AvgIpc) is 2.83. The van der Waals surface area contributed by atoms with Gasteiger partial charge in [-0.05, 0) is 23.6 Å². The summed E-state index contributed by atoms with van der Waals surface area (Å²) in [5.74, 6) is -1.11. The zero-order chi connectivity index (χ0) is 14.7. The van der Waals surface area contributed by atoms with Crippen molar-refractivity contribution in [2.24, 2.45) is 0 Å². The Morgan fingerprint density at radius 3 is 2.60 bits per heavy atom. The molecule has 0 unspecified atom stereocenters. The molecule has 0 fully saturated rings. The molecule has 0 aliphatic rings. The fourth-order valence-corrected chi connectivity index (χ4v) is 2.55. The largest absolute Gasteiger partial charge is 0.478 e. The molecule has 0 radical (unpaired) electrons. The van der Waals surface area contributed by atoms with Crippen molar-refractivity contribution in [2.75, 3.05) is 10.6 Å². The van der Waals surface area contributed by atoms with Crippen LogP contribution in [0.25, 0.3) is 0 Å². The van der Waals surface area contributed by atoms with Gasteiger partial charge in [-0.1, -0.05) is 29.3 Å². The van der Waals surface area contributed by atoms with E-state index in [1.165, 1.54) is 6.07 Å². The number of anilines is 2. The molecule has 0 atom stereocenters. The Bertz CT molecular complexity index is 672. The lowest BCUT2D eigenvalue weighted by Gasteiger charge is -2.09. The van der Waals surface area contributed by atoms with E-state index in [4.69, 9.17) is 28.3 Å². The molecule has 1 aromatic heterocycles. The number of halogens is 2. The number of hydrogen-bond donors (Lipinski definition) is 3. The van der Waals surface area contributed by atoms with Crippen molar-refractivity contribution in [3.05, 3.63) is 45.3 Å². The molecule has 2 aromatic rings. The predicted octanol–water partition coefficient (Wildman–Crippen LogP) is 4.40. The smallest absolute Gasteiger partial charge is 0.338 e. The molecular weight excluding hydrogens is 323 g/mol. The first kappa shape index (κ1) is 14.6. The lowest BCUT2D eigenvalue weighted by atomic mass is 10.3. The van der Waals surface area contributed by atoms with E-state index in [2.05, 4.69) is 10.6 Å². The van der Waals surface area contributed by atoms with Crippen LogP contribution in [0, 0.1) is 0 Å². The van der Waals surface area contributed by atoms with E-state index in [1.807, 2.05) is 0 Å². The highest BCUT2D eigenvalue weighted by atomic mass is 35.5. The highest BCUT2D eigenvalue weighted by Gasteiger charge is 2.14. The molecule has 0 aliphatic carbocycles. The third-order valence-corrected chi connectivity index (χ3v) is 3.97. The number of hydrogen-bond acceptors (Lipinski definition) is 3. The molecule has 0 saturated heterocycles. The van der Waals surface area contributed by atoms with Crippen molar-refractivity contribution >= 4 is 57.2 Å². The van der Waals surface area contributed by atoms with Crippen LogP contribution in [0.1, 0.15) is 10.4 Å². The van der Waals surface area contributed by atoms with Crippen LogP contribution < -0.4 is 10.6 Å². The number of carbonyl (C=O) groups excluding carboxylic acids is 1. The zero-order valence-electron chi connectivity index (χ0n) is 9.81. The molecule has 3 N–H and O–H groups in total. The van der Waals surface area contributed by atoms with E-state index in [1.54, 1.807) is 23.6 Å². The Labute approximate surface area is 128 Å². The van der Waals surface area contributed by atoms with Crippen LogP contribution >= 0.6 is 34.5 Å². The fraction of sp³-hybridized carbons (Fsp3) is 0. The molecule has 5 nitrogen and oxygen atoms in total. The molecule has 2 rings (SSSR count). The predicted molar refractivity (Wildman–Crippen MR) is 80.4 cm³/mol. The Hall–Kier alpha value is -1.76. The Kier molecular flexibility index (Phi) is 4.49. The summed E-state index contributed by atoms with van der Waals surface area (Å²) in [6.45, 7) is 0. The topological polar surface area (TPSA) is 78.4 Å². The number of carboxylic acids is 1. The number of urea groups is 1. The van der Waals surface area contributed by atoms with Gasteiger partial charge in [0.15, 0.2) is 0 Å². The molecular formula is C12H8Cl2N2O3S. The Balaban J connectivity index is 2.11. The van der Waals surface area contributed by atoms with Crippen molar-refractivity contribution in [2.45, 2.75) is 0 Å². The summed E-state index contributed by atoms with van der Waals surface area (Å²) in [6.07, 6.45) is 0. The maximum Gasteiger partial charge on any atom is 0.338 e. The van der Waals surface area contributed by atoms with Crippen molar-refractivity contribution in [3.8, 4) is 0 Å². The Morgan fingerprint density at radius 2 is 1.90 bits per heavy atom. The maximum absolute atomic E-state index is 11.8. The van der Waals surface area contributed by atoms with Crippen LogP contribution in [-0.2, 0) is 0 Å². The molecule has 0 spiro atoms. The van der Waals surface area contributed by atoms with Gasteiger partial charge in [0.25, 0.3) is 0 Å². The molecule has 104 valence electrons. The normalized spacial score (nSPS) is 10.1. The summed E-state index contributed by atoms with van der Waals surface area (Å²) in [6, 6.07) is 5.63. The summed E-state index contributed by atoms with van der Waals surface area (Å²) < 4.78 is 0. The van der Waals surface area contributed by atoms with Crippen molar-refractivity contribution in [3.63, 3.8) is 0 Å². The number of benzene rings is 1. The number of rotatable bonds is 3. The van der Waals surface area contributed by atoms with Crippen molar-refractivity contribution in [1.29, 1.82) is 0 Å². The third kappa shape index (κ3) is 3.22. The van der Waals surface area contributed by atoms with E-state index >= 15 is 0 Å². The first-order valence-corrected chi connectivity index (χ1v) is 6.95. The van der Waals surface area contributed by atoms with Gasteiger partial charge in [0, 0.05) is 0 Å². The summed E-state index contributed by atoms with van der Waals surface area (Å²) in [5, 5.41) is 16.2. The number of carbonyl (C=O) groups is 2. The second-order valence-electron chi connectivity index (χ2n) is 3.65. The van der Waals surface area contributed by atoms with E-state index in [9.17, 15) is 9.59 Å². The SMILES string of the molecule is O=C(Nc1cccc(Cl)c1Cl)Nc1sccc1C(=O)O. The highest BCUT2D eigenvalue weighted by molar-refractivity contribution is 7.14. The van der Waals surface area contributed by atoms with Crippen LogP contribution in [-0.4, -0.2) is 17.1 Å². The molecule has 0 aliphatic heterocycles. The second kappa shape index (κ2) is 6.13. The van der Waals surface area contributed by atoms with Gasteiger partial charge in [0.2, 0.25) is 0 Å². The fourth-order valence-electron chi connectivity index (χ4n) is 1.43. The quantitative estimate of drug-likeness (QED) is 0.780. The van der Waals surface area contributed by atoms with Gasteiger partial charge >= 0.3 is 12.0 Å².